The van der Waals surface area contributed by atoms with Crippen molar-refractivity contribution in [1.82, 2.24) is 14.9 Å². The van der Waals surface area contributed by atoms with E-state index in [2.05, 4.69) is 14.9 Å². The molecule has 0 aliphatic carbocycles. The highest BCUT2D eigenvalue weighted by atomic mass is 16.5. The fourth-order valence-corrected chi connectivity index (χ4v) is 3.36. The van der Waals surface area contributed by atoms with E-state index in [0.717, 1.165) is 32.0 Å². The van der Waals surface area contributed by atoms with E-state index in [1.807, 2.05) is 11.0 Å². The number of carbonyl (C=O) groups is 1. The topological polar surface area (TPSA) is 67.8 Å². The van der Waals surface area contributed by atoms with Crippen molar-refractivity contribution in [2.75, 3.05) is 58.0 Å². The summed E-state index contributed by atoms with van der Waals surface area (Å²) in [4.78, 5) is 25.1. The van der Waals surface area contributed by atoms with Gasteiger partial charge in [0.15, 0.2) is 0 Å². The highest BCUT2D eigenvalue weighted by Crippen LogP contribution is 2.34. The molecule has 1 spiro atoms. The second-order valence-electron chi connectivity index (χ2n) is 6.33. The zero-order valence-corrected chi connectivity index (χ0v) is 13.6. The maximum absolute atomic E-state index is 12.4. The third-order valence-corrected chi connectivity index (χ3v) is 4.59. The first-order valence-corrected chi connectivity index (χ1v) is 8.09. The molecule has 0 aromatic carbocycles. The zero-order chi connectivity index (χ0) is 16.1. The standard InChI is InChI=1S/C16H24N4O3/c1-22-9-3-14(21)19-8-10-23-13-16(11-19)4-7-20(12-16)15-17-5-2-6-18-15/h2,5-6H,3-4,7-13H2,1H3/t16-/m1/s1. The van der Waals surface area contributed by atoms with E-state index in [0.29, 0.717) is 32.8 Å². The van der Waals surface area contributed by atoms with E-state index < -0.39 is 0 Å². The molecule has 2 fully saturated rings. The fourth-order valence-electron chi connectivity index (χ4n) is 3.36. The number of amides is 1. The van der Waals surface area contributed by atoms with Crippen molar-refractivity contribution < 1.29 is 14.3 Å². The third kappa shape index (κ3) is 3.79. The average Bonchev–Trinajstić information content (AvgIpc) is 2.88. The van der Waals surface area contributed by atoms with Crippen LogP contribution in [0.4, 0.5) is 5.95 Å². The summed E-state index contributed by atoms with van der Waals surface area (Å²) in [6, 6.07) is 1.82. The molecule has 23 heavy (non-hydrogen) atoms. The van der Waals surface area contributed by atoms with Crippen molar-refractivity contribution in [3.8, 4) is 0 Å². The van der Waals surface area contributed by atoms with Gasteiger partial charge in [0.05, 0.1) is 26.2 Å². The molecule has 3 heterocycles. The van der Waals surface area contributed by atoms with Crippen LogP contribution in [0.15, 0.2) is 18.5 Å². The molecule has 2 aliphatic rings. The van der Waals surface area contributed by atoms with Crippen LogP contribution in [0.5, 0.6) is 0 Å². The highest BCUT2D eigenvalue weighted by Gasteiger charge is 2.42. The van der Waals surface area contributed by atoms with Gasteiger partial charge in [-0.05, 0) is 12.5 Å². The summed E-state index contributed by atoms with van der Waals surface area (Å²) in [5.41, 5.74) is -0.0293. The molecule has 7 nitrogen and oxygen atoms in total. The Bertz CT molecular complexity index is 527. The lowest BCUT2D eigenvalue weighted by Gasteiger charge is -2.31. The number of hydrogen-bond acceptors (Lipinski definition) is 6. The molecular formula is C16H24N4O3. The summed E-state index contributed by atoms with van der Waals surface area (Å²) in [5.74, 6) is 0.900. The Balaban J connectivity index is 1.67. The lowest BCUT2D eigenvalue weighted by molar-refractivity contribution is -0.133. The van der Waals surface area contributed by atoms with Crippen molar-refractivity contribution >= 4 is 11.9 Å². The summed E-state index contributed by atoms with van der Waals surface area (Å²) < 4.78 is 10.8. The van der Waals surface area contributed by atoms with Gasteiger partial charge in [-0.25, -0.2) is 9.97 Å². The second-order valence-corrected chi connectivity index (χ2v) is 6.33. The molecule has 2 saturated heterocycles. The van der Waals surface area contributed by atoms with E-state index in [9.17, 15) is 4.79 Å². The Kier molecular flexibility index (Phi) is 5.07. The van der Waals surface area contributed by atoms with Crippen LogP contribution in [0.25, 0.3) is 0 Å². The molecule has 0 saturated carbocycles. The van der Waals surface area contributed by atoms with Crippen LogP contribution >= 0.6 is 0 Å². The van der Waals surface area contributed by atoms with Crippen LogP contribution in [0, 0.1) is 5.41 Å². The number of anilines is 1. The fraction of sp³-hybridized carbons (Fsp3) is 0.688. The van der Waals surface area contributed by atoms with Crippen LogP contribution in [0.2, 0.25) is 0 Å². The van der Waals surface area contributed by atoms with Gasteiger partial charge in [-0.15, -0.1) is 0 Å². The Hall–Kier alpha value is -1.73. The van der Waals surface area contributed by atoms with Gasteiger partial charge in [0.1, 0.15) is 0 Å². The first-order valence-electron chi connectivity index (χ1n) is 8.09. The maximum atomic E-state index is 12.4. The smallest absolute Gasteiger partial charge is 0.225 e. The van der Waals surface area contributed by atoms with E-state index in [1.165, 1.54) is 0 Å². The highest BCUT2D eigenvalue weighted by molar-refractivity contribution is 5.76. The summed E-state index contributed by atoms with van der Waals surface area (Å²) in [6.07, 6.45) is 4.94. The van der Waals surface area contributed by atoms with Crippen molar-refractivity contribution in [2.45, 2.75) is 12.8 Å². The largest absolute Gasteiger partial charge is 0.384 e. The number of carbonyl (C=O) groups excluding carboxylic acids is 1. The third-order valence-electron chi connectivity index (χ3n) is 4.59. The summed E-state index contributed by atoms with van der Waals surface area (Å²) in [6.45, 7) is 4.86. The van der Waals surface area contributed by atoms with Gasteiger partial charge in [-0.3, -0.25) is 4.79 Å². The van der Waals surface area contributed by atoms with E-state index in [-0.39, 0.29) is 11.3 Å². The summed E-state index contributed by atoms with van der Waals surface area (Å²) in [5, 5.41) is 0. The second kappa shape index (κ2) is 7.23. The monoisotopic (exact) mass is 320 g/mol. The van der Waals surface area contributed by atoms with Crippen molar-refractivity contribution in [2.24, 2.45) is 5.41 Å². The number of nitrogens with zero attached hydrogens (tertiary/aromatic N) is 4. The van der Waals surface area contributed by atoms with Crippen LogP contribution in [0.3, 0.4) is 0 Å². The molecule has 0 radical (unpaired) electrons. The maximum Gasteiger partial charge on any atom is 0.225 e. The molecule has 0 N–H and O–H groups in total. The minimum Gasteiger partial charge on any atom is -0.384 e. The van der Waals surface area contributed by atoms with E-state index in [4.69, 9.17) is 9.47 Å². The van der Waals surface area contributed by atoms with Crippen LogP contribution in [-0.4, -0.2) is 73.9 Å². The lowest BCUT2D eigenvalue weighted by atomic mass is 9.87. The van der Waals surface area contributed by atoms with E-state index >= 15 is 0 Å². The number of hydrogen-bond donors (Lipinski definition) is 0. The first kappa shape index (κ1) is 16.1. The Morgan fingerprint density at radius 3 is 2.96 bits per heavy atom. The van der Waals surface area contributed by atoms with Crippen LogP contribution in [0.1, 0.15) is 12.8 Å². The molecule has 1 atom stereocenters. The Labute approximate surface area is 136 Å². The molecular weight excluding hydrogens is 296 g/mol. The molecule has 126 valence electrons. The van der Waals surface area contributed by atoms with Gasteiger partial charge in [-0.1, -0.05) is 0 Å². The normalized spacial score (nSPS) is 24.9. The number of rotatable bonds is 4. The quantitative estimate of drug-likeness (QED) is 0.808. The minimum atomic E-state index is -0.0293. The Morgan fingerprint density at radius 2 is 2.17 bits per heavy atom. The number of methoxy groups -OCH3 is 1. The van der Waals surface area contributed by atoms with Gasteiger partial charge in [-0.2, -0.15) is 0 Å². The first-order chi connectivity index (χ1) is 11.2. The molecule has 1 aromatic heterocycles. The average molecular weight is 320 g/mol. The van der Waals surface area contributed by atoms with Crippen molar-refractivity contribution in [1.29, 1.82) is 0 Å². The zero-order valence-electron chi connectivity index (χ0n) is 13.6. The summed E-state index contributed by atoms with van der Waals surface area (Å²) in [7, 11) is 1.62. The Morgan fingerprint density at radius 1 is 1.35 bits per heavy atom. The molecule has 0 bridgehead atoms. The van der Waals surface area contributed by atoms with Crippen LogP contribution < -0.4 is 4.90 Å². The number of ether oxygens (including phenoxy) is 2. The molecule has 1 aromatic rings. The SMILES string of the molecule is COCCC(=O)N1CCOC[C@]2(CCN(c3ncccn3)C2)C1. The molecule has 2 aliphatic heterocycles. The van der Waals surface area contributed by atoms with Crippen molar-refractivity contribution in [3.05, 3.63) is 18.5 Å². The van der Waals surface area contributed by atoms with Crippen LogP contribution in [-0.2, 0) is 14.3 Å². The van der Waals surface area contributed by atoms with E-state index in [1.54, 1.807) is 19.5 Å². The van der Waals surface area contributed by atoms with Gasteiger partial charge in [0.25, 0.3) is 0 Å². The van der Waals surface area contributed by atoms with Gasteiger partial charge in [0, 0.05) is 51.1 Å². The van der Waals surface area contributed by atoms with Gasteiger partial charge in [0.2, 0.25) is 11.9 Å². The lowest BCUT2D eigenvalue weighted by Crippen LogP contribution is -2.43. The molecule has 0 unspecified atom stereocenters. The summed E-state index contributed by atoms with van der Waals surface area (Å²) >= 11 is 0. The molecule has 3 rings (SSSR count). The number of aromatic nitrogens is 2. The van der Waals surface area contributed by atoms with Gasteiger partial charge < -0.3 is 19.3 Å². The van der Waals surface area contributed by atoms with Crippen molar-refractivity contribution in [3.63, 3.8) is 0 Å². The molecule has 7 heteroatoms. The minimum absolute atomic E-state index is 0.0293. The van der Waals surface area contributed by atoms with Gasteiger partial charge >= 0.3 is 0 Å². The predicted octanol–water partition coefficient (Wildman–Crippen LogP) is 0.568. The molecule has 1 amide bonds. The predicted molar refractivity (Wildman–Crippen MR) is 85.2 cm³/mol.